The molecule has 0 aliphatic carbocycles. The van der Waals surface area contributed by atoms with Gasteiger partial charge < -0.3 is 5.73 Å². The number of allylic oxidation sites excluding steroid dienone is 4. The van der Waals surface area contributed by atoms with Crippen molar-refractivity contribution in [2.45, 2.75) is 13.8 Å². The summed E-state index contributed by atoms with van der Waals surface area (Å²) in [6, 6.07) is 0. The van der Waals surface area contributed by atoms with E-state index in [-0.39, 0.29) is 0 Å². The smallest absolute Gasteiger partial charge is 0.0109 e. The predicted molar refractivity (Wildman–Crippen MR) is 48.9 cm³/mol. The van der Waals surface area contributed by atoms with Gasteiger partial charge in [-0.1, -0.05) is 50.8 Å². The number of rotatable bonds is 3. The predicted octanol–water partition coefficient (Wildman–Crippen LogP) is 2.27. The van der Waals surface area contributed by atoms with Crippen molar-refractivity contribution >= 4 is 0 Å². The second-order valence-corrected chi connectivity index (χ2v) is 1.28. The van der Waals surface area contributed by atoms with E-state index in [0.29, 0.717) is 6.54 Å². The van der Waals surface area contributed by atoms with Gasteiger partial charge in [0.15, 0.2) is 0 Å². The Morgan fingerprint density at radius 1 is 1.20 bits per heavy atom. The van der Waals surface area contributed by atoms with Crippen LogP contribution in [-0.4, -0.2) is 6.54 Å². The van der Waals surface area contributed by atoms with Crippen LogP contribution >= 0.6 is 0 Å². The van der Waals surface area contributed by atoms with Gasteiger partial charge in [-0.25, -0.2) is 0 Å². The highest BCUT2D eigenvalue weighted by Gasteiger charge is 1.58. The van der Waals surface area contributed by atoms with E-state index >= 15 is 0 Å². The Bertz CT molecular complexity index is 101. The van der Waals surface area contributed by atoms with Gasteiger partial charge in [-0.15, -0.1) is 0 Å². The molecule has 0 bridgehead atoms. The van der Waals surface area contributed by atoms with Gasteiger partial charge in [-0.3, -0.25) is 0 Å². The van der Waals surface area contributed by atoms with Gasteiger partial charge in [0.25, 0.3) is 0 Å². The molecule has 10 heavy (non-hydrogen) atoms. The molecule has 0 amide bonds. The second-order valence-electron chi connectivity index (χ2n) is 1.28. The van der Waals surface area contributed by atoms with Gasteiger partial charge >= 0.3 is 0 Å². The van der Waals surface area contributed by atoms with Crippen LogP contribution in [0, 0.1) is 0 Å². The van der Waals surface area contributed by atoms with Gasteiger partial charge in [-0.05, 0) is 0 Å². The van der Waals surface area contributed by atoms with Gasteiger partial charge in [-0.2, -0.15) is 0 Å². The topological polar surface area (TPSA) is 26.0 Å². The fraction of sp³-hybridized carbons (Fsp3) is 0.333. The van der Waals surface area contributed by atoms with Gasteiger partial charge in [0.2, 0.25) is 0 Å². The van der Waals surface area contributed by atoms with Crippen molar-refractivity contribution in [3.05, 3.63) is 37.0 Å². The van der Waals surface area contributed by atoms with Crippen molar-refractivity contribution in [2.24, 2.45) is 5.73 Å². The molecule has 0 saturated heterocycles. The quantitative estimate of drug-likeness (QED) is 0.596. The molecule has 0 saturated carbocycles. The summed E-state index contributed by atoms with van der Waals surface area (Å²) >= 11 is 0. The van der Waals surface area contributed by atoms with Crippen molar-refractivity contribution in [2.75, 3.05) is 6.54 Å². The molecule has 0 unspecified atom stereocenters. The first-order valence-electron chi connectivity index (χ1n) is 3.56. The average Bonchev–Trinajstić information content (AvgIpc) is 2.02. The maximum absolute atomic E-state index is 5.16. The largest absolute Gasteiger partial charge is 0.327 e. The fourth-order valence-electron chi connectivity index (χ4n) is 0.300. The van der Waals surface area contributed by atoms with Crippen molar-refractivity contribution < 1.29 is 0 Å². The van der Waals surface area contributed by atoms with E-state index in [0.717, 1.165) is 0 Å². The molecule has 0 aliphatic rings. The maximum Gasteiger partial charge on any atom is 0.0109 e. The summed E-state index contributed by atoms with van der Waals surface area (Å²) in [6.45, 7) is 8.11. The molecule has 0 radical (unpaired) electrons. The number of hydrogen-bond donors (Lipinski definition) is 1. The summed E-state index contributed by atoms with van der Waals surface area (Å²) in [5.74, 6) is 0. The first-order chi connectivity index (χ1) is 4.91. The van der Waals surface area contributed by atoms with Gasteiger partial charge in [0.05, 0.1) is 0 Å². The lowest BCUT2D eigenvalue weighted by atomic mass is 10.4. The molecule has 0 spiro atoms. The zero-order valence-electron chi connectivity index (χ0n) is 6.88. The molecule has 0 aromatic rings. The first-order valence-corrected chi connectivity index (χ1v) is 3.56. The van der Waals surface area contributed by atoms with Gasteiger partial charge in [0.1, 0.15) is 0 Å². The molecule has 0 rings (SSSR count). The van der Waals surface area contributed by atoms with Gasteiger partial charge in [0, 0.05) is 6.54 Å². The highest BCUT2D eigenvalue weighted by atomic mass is 14.5. The minimum absolute atomic E-state index is 0.599. The lowest BCUT2D eigenvalue weighted by Crippen LogP contribution is -1.91. The van der Waals surface area contributed by atoms with E-state index in [1.54, 1.807) is 6.08 Å². The number of hydrogen-bond acceptors (Lipinski definition) is 1. The Morgan fingerprint density at radius 3 is 2.20 bits per heavy atom. The molecule has 0 heterocycles. The number of nitrogens with two attached hydrogens (primary N) is 1. The Morgan fingerprint density at radius 2 is 1.80 bits per heavy atom. The maximum atomic E-state index is 5.16. The Balaban J connectivity index is 0. The molecule has 1 nitrogen and oxygen atoms in total. The highest BCUT2D eigenvalue weighted by molar-refractivity contribution is 5.08. The average molecular weight is 139 g/mol. The highest BCUT2D eigenvalue weighted by Crippen LogP contribution is 1.74. The van der Waals surface area contributed by atoms with E-state index in [4.69, 9.17) is 5.73 Å². The molecule has 2 N–H and O–H groups in total. The molecular formula is C9H17N. The van der Waals surface area contributed by atoms with Crippen LogP contribution in [0.25, 0.3) is 0 Å². The Labute approximate surface area is 63.9 Å². The molecule has 0 aliphatic heterocycles. The van der Waals surface area contributed by atoms with Crippen LogP contribution in [0.15, 0.2) is 37.0 Å². The van der Waals surface area contributed by atoms with E-state index in [1.807, 2.05) is 38.2 Å². The molecule has 0 aromatic heterocycles. The first kappa shape index (κ1) is 11.9. The summed E-state index contributed by atoms with van der Waals surface area (Å²) in [7, 11) is 0. The fourth-order valence-corrected chi connectivity index (χ4v) is 0.300. The van der Waals surface area contributed by atoms with Crippen LogP contribution in [0.2, 0.25) is 0 Å². The zero-order valence-corrected chi connectivity index (χ0v) is 6.88. The molecule has 0 atom stereocenters. The standard InChI is InChI=1S/C7H11N.C2H6/c1-2-3-4-5-6-7-8;1-2/h2-6H,1,7-8H2;1-2H3/b4-3-,6-5-;. The van der Waals surface area contributed by atoms with Crippen molar-refractivity contribution in [3.63, 3.8) is 0 Å². The van der Waals surface area contributed by atoms with Crippen molar-refractivity contribution in [1.29, 1.82) is 0 Å². The summed E-state index contributed by atoms with van der Waals surface area (Å²) in [5.41, 5.74) is 5.16. The second kappa shape index (κ2) is 15.7. The van der Waals surface area contributed by atoms with Crippen LogP contribution in [0.1, 0.15) is 13.8 Å². The third kappa shape index (κ3) is 15.7. The summed E-state index contributed by atoms with van der Waals surface area (Å²) in [5, 5.41) is 0. The molecule has 0 aromatic carbocycles. The molecule has 0 fully saturated rings. The van der Waals surface area contributed by atoms with E-state index in [1.165, 1.54) is 0 Å². The third-order valence-electron chi connectivity index (χ3n) is 0.630. The minimum Gasteiger partial charge on any atom is -0.327 e. The van der Waals surface area contributed by atoms with Crippen LogP contribution in [0.3, 0.4) is 0 Å². The lowest BCUT2D eigenvalue weighted by Gasteiger charge is -1.72. The monoisotopic (exact) mass is 139 g/mol. The SMILES string of the molecule is C=C/C=C\C=C/CN.CC. The Kier molecular flexibility index (Phi) is 18.7. The summed E-state index contributed by atoms with van der Waals surface area (Å²) in [6.07, 6.45) is 9.23. The minimum atomic E-state index is 0.599. The molecular weight excluding hydrogens is 122 g/mol. The normalized spacial score (nSPS) is 9.50. The van der Waals surface area contributed by atoms with E-state index < -0.39 is 0 Å². The van der Waals surface area contributed by atoms with Crippen LogP contribution < -0.4 is 5.73 Å². The van der Waals surface area contributed by atoms with E-state index in [2.05, 4.69) is 6.58 Å². The van der Waals surface area contributed by atoms with Crippen LogP contribution in [0.4, 0.5) is 0 Å². The van der Waals surface area contributed by atoms with E-state index in [9.17, 15) is 0 Å². The molecule has 1 heteroatoms. The lowest BCUT2D eigenvalue weighted by molar-refractivity contribution is 1.25. The van der Waals surface area contributed by atoms with Crippen molar-refractivity contribution in [3.8, 4) is 0 Å². The summed E-state index contributed by atoms with van der Waals surface area (Å²) < 4.78 is 0. The van der Waals surface area contributed by atoms with Crippen LogP contribution in [0.5, 0.6) is 0 Å². The third-order valence-corrected chi connectivity index (χ3v) is 0.630. The van der Waals surface area contributed by atoms with Crippen LogP contribution in [-0.2, 0) is 0 Å². The Hall–Kier alpha value is -0.820. The zero-order chi connectivity index (χ0) is 8.24. The van der Waals surface area contributed by atoms with Crippen molar-refractivity contribution in [1.82, 2.24) is 0 Å². The molecule has 58 valence electrons. The summed E-state index contributed by atoms with van der Waals surface area (Å²) in [4.78, 5) is 0.